The lowest BCUT2D eigenvalue weighted by atomic mass is 9.98. The van der Waals surface area contributed by atoms with Crippen LogP contribution in [0.2, 0.25) is 5.02 Å². The van der Waals surface area contributed by atoms with E-state index >= 15 is 0 Å². The standard InChI is InChI=1S/C26H27ClN4O3/c1-30-24-13-19(12-20-16-33-17-20)4-8-23(24)29-26(30)31(10-11-32)15-18-2-6-22(7-3-18)34-25-9-5-21(27)14-28-25/h2-9,13-14,20,32H,10-12,15-17H2,1H3. The Balaban J connectivity index is 1.32. The molecule has 7 nitrogen and oxygen atoms in total. The van der Waals surface area contributed by atoms with Gasteiger partial charge in [0.2, 0.25) is 11.8 Å². The molecule has 8 heteroatoms. The number of imidazole rings is 1. The molecule has 1 aliphatic rings. The molecule has 4 aromatic rings. The molecule has 0 bridgehead atoms. The first-order valence-electron chi connectivity index (χ1n) is 11.4. The Morgan fingerprint density at radius 2 is 1.91 bits per heavy atom. The highest BCUT2D eigenvalue weighted by Crippen LogP contribution is 2.27. The summed E-state index contributed by atoms with van der Waals surface area (Å²) in [5.74, 6) is 2.62. The molecule has 1 aliphatic heterocycles. The summed E-state index contributed by atoms with van der Waals surface area (Å²) in [5.41, 5.74) is 4.43. The summed E-state index contributed by atoms with van der Waals surface area (Å²) in [6, 6.07) is 17.8. The number of rotatable bonds is 9. The van der Waals surface area contributed by atoms with Crippen LogP contribution in [-0.4, -0.2) is 46.0 Å². The van der Waals surface area contributed by atoms with Crippen LogP contribution in [0.25, 0.3) is 11.0 Å². The quantitative estimate of drug-likeness (QED) is 0.379. The summed E-state index contributed by atoms with van der Waals surface area (Å²) >= 11 is 5.88. The summed E-state index contributed by atoms with van der Waals surface area (Å²) in [5, 5.41) is 10.3. The number of ether oxygens (including phenoxy) is 2. The number of nitrogens with zero attached hydrogens (tertiary/aromatic N) is 4. The molecule has 3 heterocycles. The minimum Gasteiger partial charge on any atom is -0.439 e. The van der Waals surface area contributed by atoms with Crippen molar-refractivity contribution in [1.29, 1.82) is 0 Å². The Labute approximate surface area is 203 Å². The van der Waals surface area contributed by atoms with Gasteiger partial charge in [-0.25, -0.2) is 9.97 Å². The molecule has 0 amide bonds. The van der Waals surface area contributed by atoms with E-state index in [1.165, 1.54) is 5.56 Å². The zero-order chi connectivity index (χ0) is 23.5. The molecule has 0 aliphatic carbocycles. The second kappa shape index (κ2) is 10.0. The molecule has 2 aromatic heterocycles. The Hall–Kier alpha value is -3.13. The number of halogens is 1. The number of aryl methyl sites for hydroxylation is 1. The van der Waals surface area contributed by atoms with Gasteiger partial charge in [-0.05, 0) is 47.9 Å². The fraction of sp³-hybridized carbons (Fsp3) is 0.308. The second-order valence-electron chi connectivity index (χ2n) is 8.61. The molecule has 34 heavy (non-hydrogen) atoms. The third kappa shape index (κ3) is 5.01. The van der Waals surface area contributed by atoms with Gasteiger partial charge in [0.05, 0.1) is 35.9 Å². The monoisotopic (exact) mass is 478 g/mol. The van der Waals surface area contributed by atoms with Gasteiger partial charge in [0.15, 0.2) is 0 Å². The van der Waals surface area contributed by atoms with E-state index in [-0.39, 0.29) is 6.61 Å². The largest absolute Gasteiger partial charge is 0.439 e. The fourth-order valence-corrected chi connectivity index (χ4v) is 4.28. The summed E-state index contributed by atoms with van der Waals surface area (Å²) in [6.45, 7) is 2.83. The number of aliphatic hydroxyl groups excluding tert-OH is 1. The molecule has 0 atom stereocenters. The molecule has 0 saturated carbocycles. The van der Waals surface area contributed by atoms with Crippen molar-refractivity contribution >= 4 is 28.6 Å². The maximum Gasteiger partial charge on any atom is 0.219 e. The van der Waals surface area contributed by atoms with Crippen LogP contribution < -0.4 is 9.64 Å². The number of anilines is 1. The minimum absolute atomic E-state index is 0.0412. The van der Waals surface area contributed by atoms with Gasteiger partial charge in [0.1, 0.15) is 5.75 Å². The second-order valence-corrected chi connectivity index (χ2v) is 9.04. The molecule has 1 N–H and O–H groups in total. The van der Waals surface area contributed by atoms with Crippen LogP contribution in [0.1, 0.15) is 11.1 Å². The SMILES string of the molecule is Cn1c(N(CCO)Cc2ccc(Oc3ccc(Cl)cn3)cc2)nc2ccc(CC3COC3)cc21. The highest BCUT2D eigenvalue weighted by Gasteiger charge is 2.20. The number of aliphatic hydroxyl groups is 1. The van der Waals surface area contributed by atoms with Crippen LogP contribution in [0.4, 0.5) is 5.95 Å². The molecule has 176 valence electrons. The molecule has 5 rings (SSSR count). The van der Waals surface area contributed by atoms with Crippen molar-refractivity contribution in [3.63, 3.8) is 0 Å². The van der Waals surface area contributed by atoms with Crippen molar-refractivity contribution in [1.82, 2.24) is 14.5 Å². The molecule has 2 aromatic carbocycles. The van der Waals surface area contributed by atoms with Crippen LogP contribution in [0.15, 0.2) is 60.8 Å². The van der Waals surface area contributed by atoms with E-state index in [1.54, 1.807) is 18.3 Å². The van der Waals surface area contributed by atoms with Crippen molar-refractivity contribution in [3.05, 3.63) is 76.9 Å². The topological polar surface area (TPSA) is 72.6 Å². The minimum atomic E-state index is 0.0412. The third-order valence-electron chi connectivity index (χ3n) is 6.03. The van der Waals surface area contributed by atoms with Gasteiger partial charge in [0.25, 0.3) is 0 Å². The van der Waals surface area contributed by atoms with Crippen LogP contribution in [0, 0.1) is 5.92 Å². The van der Waals surface area contributed by atoms with E-state index in [2.05, 4.69) is 32.7 Å². The normalized spacial score (nSPS) is 13.7. The number of fused-ring (bicyclic) bond motifs is 1. The predicted molar refractivity (Wildman–Crippen MR) is 133 cm³/mol. The first kappa shape index (κ1) is 22.7. The van der Waals surface area contributed by atoms with Crippen molar-refractivity contribution in [2.24, 2.45) is 13.0 Å². The number of benzene rings is 2. The van der Waals surface area contributed by atoms with Crippen LogP contribution in [-0.2, 0) is 24.8 Å². The van der Waals surface area contributed by atoms with E-state index in [9.17, 15) is 5.11 Å². The van der Waals surface area contributed by atoms with Crippen LogP contribution in [0.5, 0.6) is 11.6 Å². The Kier molecular flexibility index (Phi) is 6.67. The summed E-state index contributed by atoms with van der Waals surface area (Å²) in [4.78, 5) is 11.1. The lowest BCUT2D eigenvalue weighted by Crippen LogP contribution is -2.29. The molecular formula is C26H27ClN4O3. The first-order chi connectivity index (χ1) is 16.6. The molecule has 0 spiro atoms. The zero-order valence-electron chi connectivity index (χ0n) is 19.0. The molecule has 0 unspecified atom stereocenters. The highest BCUT2D eigenvalue weighted by molar-refractivity contribution is 6.30. The van der Waals surface area contributed by atoms with Gasteiger partial charge in [-0.15, -0.1) is 0 Å². The van der Waals surface area contributed by atoms with Gasteiger partial charge in [-0.1, -0.05) is 29.8 Å². The first-order valence-corrected chi connectivity index (χ1v) is 11.7. The molecular weight excluding hydrogens is 452 g/mol. The zero-order valence-corrected chi connectivity index (χ0v) is 19.8. The van der Waals surface area contributed by atoms with Gasteiger partial charge >= 0.3 is 0 Å². The average Bonchev–Trinajstić information content (AvgIpc) is 3.14. The highest BCUT2D eigenvalue weighted by atomic mass is 35.5. The average molecular weight is 479 g/mol. The van der Waals surface area contributed by atoms with Gasteiger partial charge in [-0.2, -0.15) is 0 Å². The van der Waals surface area contributed by atoms with E-state index < -0.39 is 0 Å². The predicted octanol–water partition coefficient (Wildman–Crippen LogP) is 4.60. The molecule has 0 radical (unpaired) electrons. The Morgan fingerprint density at radius 3 is 2.59 bits per heavy atom. The Morgan fingerprint density at radius 1 is 1.12 bits per heavy atom. The van der Waals surface area contributed by atoms with Gasteiger partial charge in [0, 0.05) is 38.3 Å². The van der Waals surface area contributed by atoms with Crippen LogP contribution in [0.3, 0.4) is 0 Å². The van der Waals surface area contributed by atoms with Gasteiger partial charge < -0.3 is 24.0 Å². The molecule has 1 fully saturated rings. The van der Waals surface area contributed by atoms with E-state index in [1.807, 2.05) is 31.3 Å². The lowest BCUT2D eigenvalue weighted by Gasteiger charge is -2.25. The Bertz CT molecular complexity index is 1250. The van der Waals surface area contributed by atoms with Crippen LogP contribution >= 0.6 is 11.6 Å². The maximum absolute atomic E-state index is 9.72. The summed E-state index contributed by atoms with van der Waals surface area (Å²) in [7, 11) is 2.03. The number of hydrogen-bond acceptors (Lipinski definition) is 6. The number of aromatic nitrogens is 3. The third-order valence-corrected chi connectivity index (χ3v) is 6.25. The maximum atomic E-state index is 9.72. The van der Waals surface area contributed by atoms with Crippen molar-refractivity contribution < 1.29 is 14.6 Å². The summed E-state index contributed by atoms with van der Waals surface area (Å²) in [6.07, 6.45) is 2.58. The van der Waals surface area contributed by atoms with Gasteiger partial charge in [-0.3, -0.25) is 0 Å². The van der Waals surface area contributed by atoms with E-state index in [4.69, 9.17) is 26.1 Å². The number of pyridine rings is 1. The molecule has 1 saturated heterocycles. The van der Waals surface area contributed by atoms with Crippen molar-refractivity contribution in [3.8, 4) is 11.6 Å². The van der Waals surface area contributed by atoms with Crippen molar-refractivity contribution in [2.75, 3.05) is 31.3 Å². The lowest BCUT2D eigenvalue weighted by molar-refractivity contribution is -0.0312. The summed E-state index contributed by atoms with van der Waals surface area (Å²) < 4.78 is 13.2. The number of hydrogen-bond donors (Lipinski definition) is 1. The van der Waals surface area contributed by atoms with E-state index in [0.717, 1.165) is 42.2 Å². The van der Waals surface area contributed by atoms with E-state index in [0.29, 0.717) is 35.7 Å². The smallest absolute Gasteiger partial charge is 0.219 e. The van der Waals surface area contributed by atoms with Crippen molar-refractivity contribution in [2.45, 2.75) is 13.0 Å². The fourth-order valence-electron chi connectivity index (χ4n) is 4.17.